The number of nitrogens with zero attached hydrogens (tertiary/aromatic N) is 1. The van der Waals surface area contributed by atoms with Gasteiger partial charge in [-0.2, -0.15) is 0 Å². The van der Waals surface area contributed by atoms with Gasteiger partial charge in [-0.15, -0.1) is 0 Å². The van der Waals surface area contributed by atoms with Gasteiger partial charge in [0.15, 0.2) is 0 Å². The van der Waals surface area contributed by atoms with E-state index in [9.17, 15) is 9.59 Å². The van der Waals surface area contributed by atoms with Gasteiger partial charge in [-0.1, -0.05) is 42.5 Å². The summed E-state index contributed by atoms with van der Waals surface area (Å²) in [6, 6.07) is 23.0. The van der Waals surface area contributed by atoms with Crippen LogP contribution < -0.4 is 9.64 Å². The Morgan fingerprint density at radius 1 is 0.966 bits per heavy atom. The molecule has 0 radical (unpaired) electrons. The number of aryl methyl sites for hydroxylation is 1. The highest BCUT2D eigenvalue weighted by atomic mass is 16.6. The molecule has 0 N–H and O–H groups in total. The van der Waals surface area contributed by atoms with E-state index < -0.39 is 0 Å². The van der Waals surface area contributed by atoms with Crippen molar-refractivity contribution >= 4 is 17.5 Å². The minimum Gasteiger partial charge on any atom is -0.491 e. The van der Waals surface area contributed by atoms with E-state index in [1.54, 1.807) is 60.7 Å². The smallest absolute Gasteiger partial charge is 0.265 e. The van der Waals surface area contributed by atoms with Crippen molar-refractivity contribution < 1.29 is 19.1 Å². The number of benzene rings is 3. The molecule has 1 saturated heterocycles. The summed E-state index contributed by atoms with van der Waals surface area (Å²) < 4.78 is 10.9. The predicted octanol–water partition coefficient (Wildman–Crippen LogP) is 4.26. The molecule has 0 aliphatic carbocycles. The second kappa shape index (κ2) is 8.29. The number of rotatable bonds is 6. The molecule has 146 valence electrons. The Kier molecular flexibility index (Phi) is 5.40. The summed E-state index contributed by atoms with van der Waals surface area (Å²) >= 11 is 0. The van der Waals surface area contributed by atoms with Crippen LogP contribution in [0.25, 0.3) is 0 Å². The van der Waals surface area contributed by atoms with E-state index in [0.717, 1.165) is 5.56 Å². The normalized spacial score (nSPS) is 14.9. The third-order valence-corrected chi connectivity index (χ3v) is 4.72. The van der Waals surface area contributed by atoms with Crippen LogP contribution in [-0.2, 0) is 4.74 Å². The van der Waals surface area contributed by atoms with Crippen LogP contribution in [-0.4, -0.2) is 31.1 Å². The first-order valence-corrected chi connectivity index (χ1v) is 9.47. The second-order valence-electron chi connectivity index (χ2n) is 6.89. The van der Waals surface area contributed by atoms with Crippen LogP contribution >= 0.6 is 0 Å². The van der Waals surface area contributed by atoms with Crippen molar-refractivity contribution in [3.8, 4) is 5.75 Å². The van der Waals surface area contributed by atoms with Gasteiger partial charge in [-0.3, -0.25) is 9.59 Å². The SMILES string of the molecule is Cc1ccccc1C(=O)N(C(=O)c1ccccc1)c1cccc(OCC2CO2)c1. The van der Waals surface area contributed by atoms with E-state index in [4.69, 9.17) is 9.47 Å². The summed E-state index contributed by atoms with van der Waals surface area (Å²) in [5.74, 6) is -0.178. The maximum Gasteiger partial charge on any atom is 0.265 e. The monoisotopic (exact) mass is 387 g/mol. The quantitative estimate of drug-likeness (QED) is 0.468. The molecule has 1 aliphatic heterocycles. The molecule has 4 rings (SSSR count). The first-order chi connectivity index (χ1) is 14.1. The average Bonchev–Trinajstić information content (AvgIpc) is 3.58. The lowest BCUT2D eigenvalue weighted by Gasteiger charge is -2.22. The molecule has 1 atom stereocenters. The number of ether oxygens (including phenoxy) is 2. The van der Waals surface area contributed by atoms with Crippen molar-refractivity contribution in [2.75, 3.05) is 18.1 Å². The van der Waals surface area contributed by atoms with Gasteiger partial charge in [0, 0.05) is 17.2 Å². The number of epoxide rings is 1. The Balaban J connectivity index is 1.72. The highest BCUT2D eigenvalue weighted by Gasteiger charge is 2.28. The van der Waals surface area contributed by atoms with Crippen LogP contribution in [0.4, 0.5) is 5.69 Å². The minimum atomic E-state index is -0.387. The van der Waals surface area contributed by atoms with Gasteiger partial charge in [-0.25, -0.2) is 4.90 Å². The summed E-state index contributed by atoms with van der Waals surface area (Å²) in [7, 11) is 0. The molecule has 1 fully saturated rings. The van der Waals surface area contributed by atoms with Crippen LogP contribution in [0, 0.1) is 6.92 Å². The van der Waals surface area contributed by atoms with Gasteiger partial charge in [0.1, 0.15) is 18.5 Å². The molecule has 0 saturated carbocycles. The number of imide groups is 1. The summed E-state index contributed by atoms with van der Waals surface area (Å²) in [4.78, 5) is 27.9. The second-order valence-corrected chi connectivity index (χ2v) is 6.89. The molecule has 1 unspecified atom stereocenters. The average molecular weight is 387 g/mol. The number of hydrogen-bond acceptors (Lipinski definition) is 4. The first-order valence-electron chi connectivity index (χ1n) is 9.47. The fourth-order valence-corrected chi connectivity index (χ4v) is 3.04. The minimum absolute atomic E-state index is 0.120. The number of anilines is 1. The third kappa shape index (κ3) is 4.36. The van der Waals surface area contributed by atoms with Gasteiger partial charge in [0.25, 0.3) is 11.8 Å². The van der Waals surface area contributed by atoms with E-state index in [1.807, 2.05) is 25.1 Å². The number of amides is 2. The zero-order valence-electron chi connectivity index (χ0n) is 16.1. The maximum atomic E-state index is 13.4. The maximum absolute atomic E-state index is 13.4. The fraction of sp³-hybridized carbons (Fsp3) is 0.167. The van der Waals surface area contributed by atoms with Crippen LogP contribution in [0.3, 0.4) is 0 Å². The van der Waals surface area contributed by atoms with E-state index in [2.05, 4.69) is 0 Å². The Hall–Kier alpha value is -3.44. The van der Waals surface area contributed by atoms with Crippen molar-refractivity contribution in [2.45, 2.75) is 13.0 Å². The van der Waals surface area contributed by atoms with Crippen LogP contribution in [0.1, 0.15) is 26.3 Å². The molecule has 1 heterocycles. The summed E-state index contributed by atoms with van der Waals surface area (Å²) in [5, 5.41) is 0. The molecule has 5 nitrogen and oxygen atoms in total. The molecule has 0 aromatic heterocycles. The molecule has 0 bridgehead atoms. The van der Waals surface area contributed by atoms with Crippen LogP contribution in [0.2, 0.25) is 0 Å². The molecule has 3 aromatic carbocycles. The zero-order valence-corrected chi connectivity index (χ0v) is 16.1. The summed E-state index contributed by atoms with van der Waals surface area (Å²) in [6.07, 6.45) is 0.120. The Bertz CT molecular complexity index is 1030. The number of hydrogen-bond donors (Lipinski definition) is 0. The molecule has 2 amide bonds. The lowest BCUT2D eigenvalue weighted by Crippen LogP contribution is -2.37. The van der Waals surface area contributed by atoms with Gasteiger partial charge >= 0.3 is 0 Å². The third-order valence-electron chi connectivity index (χ3n) is 4.72. The highest BCUT2D eigenvalue weighted by Crippen LogP contribution is 2.26. The lowest BCUT2D eigenvalue weighted by atomic mass is 10.1. The van der Waals surface area contributed by atoms with Crippen molar-refractivity contribution in [3.05, 3.63) is 95.6 Å². The van der Waals surface area contributed by atoms with Gasteiger partial charge in [-0.05, 0) is 42.8 Å². The van der Waals surface area contributed by atoms with Gasteiger partial charge in [0.05, 0.1) is 12.3 Å². The molecular formula is C24H21NO4. The van der Waals surface area contributed by atoms with Crippen LogP contribution in [0.5, 0.6) is 5.75 Å². The zero-order chi connectivity index (χ0) is 20.2. The predicted molar refractivity (Wildman–Crippen MR) is 110 cm³/mol. The van der Waals surface area contributed by atoms with Crippen molar-refractivity contribution in [3.63, 3.8) is 0 Å². The number of carbonyl (C=O) groups excluding carboxylic acids is 2. The molecular weight excluding hydrogens is 366 g/mol. The molecule has 29 heavy (non-hydrogen) atoms. The largest absolute Gasteiger partial charge is 0.491 e. The lowest BCUT2D eigenvalue weighted by molar-refractivity contribution is 0.0897. The Labute approximate surface area is 169 Å². The van der Waals surface area contributed by atoms with Crippen molar-refractivity contribution in [1.29, 1.82) is 0 Å². The van der Waals surface area contributed by atoms with E-state index >= 15 is 0 Å². The molecule has 5 heteroatoms. The molecule has 1 aliphatic rings. The molecule has 3 aromatic rings. The Morgan fingerprint density at radius 2 is 1.69 bits per heavy atom. The van der Waals surface area contributed by atoms with Crippen LogP contribution in [0.15, 0.2) is 78.9 Å². The standard InChI is InChI=1S/C24H21NO4/c1-17-8-5-6-13-22(17)24(27)25(23(26)18-9-3-2-4-10-18)19-11-7-12-20(14-19)28-15-21-16-29-21/h2-14,21H,15-16H2,1H3. The Morgan fingerprint density at radius 3 is 2.41 bits per heavy atom. The summed E-state index contributed by atoms with van der Waals surface area (Å²) in [5.41, 5.74) is 2.18. The first kappa shape index (κ1) is 18.9. The van der Waals surface area contributed by atoms with Gasteiger partial charge in [0.2, 0.25) is 0 Å². The highest BCUT2D eigenvalue weighted by molar-refractivity contribution is 6.26. The van der Waals surface area contributed by atoms with Crippen molar-refractivity contribution in [1.82, 2.24) is 0 Å². The fourth-order valence-electron chi connectivity index (χ4n) is 3.04. The van der Waals surface area contributed by atoms with E-state index in [1.165, 1.54) is 4.90 Å². The number of carbonyl (C=O) groups is 2. The molecule has 0 spiro atoms. The summed E-state index contributed by atoms with van der Waals surface area (Å²) in [6.45, 7) is 3.00. The topological polar surface area (TPSA) is 59.1 Å². The van der Waals surface area contributed by atoms with E-state index in [0.29, 0.717) is 35.8 Å². The van der Waals surface area contributed by atoms with E-state index in [-0.39, 0.29) is 17.9 Å². The van der Waals surface area contributed by atoms with Gasteiger partial charge < -0.3 is 9.47 Å². The van der Waals surface area contributed by atoms with Crippen molar-refractivity contribution in [2.24, 2.45) is 0 Å².